The standard InChI is InChI=1S/C12H17NO4/c1-3-13-7-9-5-4-6-10(16-2)12(9)17-8-11(14)15/h4-6,13H,3,7-8H2,1-2H3,(H,14,15). The van der Waals surface area contributed by atoms with E-state index >= 15 is 0 Å². The Hall–Kier alpha value is -1.75. The van der Waals surface area contributed by atoms with Crippen molar-refractivity contribution in [1.82, 2.24) is 5.32 Å². The lowest BCUT2D eigenvalue weighted by Gasteiger charge is -2.14. The van der Waals surface area contributed by atoms with Gasteiger partial charge in [-0.15, -0.1) is 0 Å². The Morgan fingerprint density at radius 3 is 2.82 bits per heavy atom. The van der Waals surface area contributed by atoms with Crippen molar-refractivity contribution in [3.63, 3.8) is 0 Å². The largest absolute Gasteiger partial charge is 0.493 e. The van der Waals surface area contributed by atoms with Crippen LogP contribution in [-0.2, 0) is 11.3 Å². The Labute approximate surface area is 100 Å². The molecule has 0 aromatic heterocycles. The summed E-state index contributed by atoms with van der Waals surface area (Å²) in [5, 5.41) is 11.8. The first-order valence-electron chi connectivity index (χ1n) is 5.40. The average molecular weight is 239 g/mol. The maximum atomic E-state index is 10.5. The number of benzene rings is 1. The van der Waals surface area contributed by atoms with E-state index in [1.54, 1.807) is 6.07 Å². The van der Waals surface area contributed by atoms with E-state index in [4.69, 9.17) is 14.6 Å². The fraction of sp³-hybridized carbons (Fsp3) is 0.417. The van der Waals surface area contributed by atoms with Crippen molar-refractivity contribution in [1.29, 1.82) is 0 Å². The Balaban J connectivity index is 2.89. The third-order valence-electron chi connectivity index (χ3n) is 2.19. The minimum atomic E-state index is -1.01. The molecular weight excluding hydrogens is 222 g/mol. The molecule has 0 unspecified atom stereocenters. The molecule has 0 radical (unpaired) electrons. The summed E-state index contributed by atoms with van der Waals surface area (Å²) in [5.74, 6) is 0.0188. The molecular formula is C12H17NO4. The Bertz CT molecular complexity index is 379. The van der Waals surface area contributed by atoms with E-state index in [1.165, 1.54) is 7.11 Å². The molecule has 1 aromatic carbocycles. The van der Waals surface area contributed by atoms with Crippen LogP contribution < -0.4 is 14.8 Å². The van der Waals surface area contributed by atoms with E-state index in [1.807, 2.05) is 19.1 Å². The van der Waals surface area contributed by atoms with Gasteiger partial charge in [0.15, 0.2) is 18.1 Å². The SMILES string of the molecule is CCNCc1cccc(OC)c1OCC(=O)O. The molecule has 0 fully saturated rings. The van der Waals surface area contributed by atoms with Crippen LogP contribution in [0, 0.1) is 0 Å². The molecule has 94 valence electrons. The van der Waals surface area contributed by atoms with Gasteiger partial charge >= 0.3 is 5.97 Å². The summed E-state index contributed by atoms with van der Waals surface area (Å²) in [5.41, 5.74) is 0.882. The predicted molar refractivity (Wildman–Crippen MR) is 63.5 cm³/mol. The summed E-state index contributed by atoms with van der Waals surface area (Å²) in [6.45, 7) is 3.07. The lowest BCUT2D eigenvalue weighted by molar-refractivity contribution is -0.139. The Kier molecular flexibility index (Phi) is 5.29. The third kappa shape index (κ3) is 3.96. The molecule has 0 aliphatic carbocycles. The minimum Gasteiger partial charge on any atom is -0.493 e. The number of aliphatic carboxylic acids is 1. The summed E-state index contributed by atoms with van der Waals surface area (Å²) < 4.78 is 10.4. The van der Waals surface area contributed by atoms with Gasteiger partial charge in [0.2, 0.25) is 0 Å². The highest BCUT2D eigenvalue weighted by molar-refractivity contribution is 5.68. The van der Waals surface area contributed by atoms with Crippen molar-refractivity contribution < 1.29 is 19.4 Å². The number of para-hydroxylation sites is 1. The monoisotopic (exact) mass is 239 g/mol. The second kappa shape index (κ2) is 6.75. The fourth-order valence-electron chi connectivity index (χ4n) is 1.42. The smallest absolute Gasteiger partial charge is 0.341 e. The lowest BCUT2D eigenvalue weighted by atomic mass is 10.2. The van der Waals surface area contributed by atoms with Gasteiger partial charge in [-0.1, -0.05) is 19.1 Å². The van der Waals surface area contributed by atoms with Crippen molar-refractivity contribution in [2.45, 2.75) is 13.5 Å². The molecule has 0 saturated carbocycles. The van der Waals surface area contributed by atoms with Crippen LogP contribution in [0.2, 0.25) is 0 Å². The minimum absolute atomic E-state index is 0.375. The van der Waals surface area contributed by atoms with Gasteiger partial charge in [-0.2, -0.15) is 0 Å². The normalized spacial score (nSPS) is 10.0. The number of carboxylic acids is 1. The number of hydrogen-bond acceptors (Lipinski definition) is 4. The summed E-state index contributed by atoms with van der Waals surface area (Å²) in [6.07, 6.45) is 0. The zero-order valence-corrected chi connectivity index (χ0v) is 10.0. The van der Waals surface area contributed by atoms with Gasteiger partial charge in [-0.3, -0.25) is 0 Å². The average Bonchev–Trinajstić information content (AvgIpc) is 2.33. The second-order valence-electron chi connectivity index (χ2n) is 3.41. The highest BCUT2D eigenvalue weighted by atomic mass is 16.5. The third-order valence-corrected chi connectivity index (χ3v) is 2.19. The van der Waals surface area contributed by atoms with Gasteiger partial charge in [0, 0.05) is 12.1 Å². The van der Waals surface area contributed by atoms with Crippen LogP contribution in [0.1, 0.15) is 12.5 Å². The number of methoxy groups -OCH3 is 1. The van der Waals surface area contributed by atoms with Gasteiger partial charge in [0.1, 0.15) is 0 Å². The van der Waals surface area contributed by atoms with E-state index < -0.39 is 5.97 Å². The van der Waals surface area contributed by atoms with Crippen LogP contribution in [0.4, 0.5) is 0 Å². The van der Waals surface area contributed by atoms with Gasteiger partial charge in [0.25, 0.3) is 0 Å². The highest BCUT2D eigenvalue weighted by Crippen LogP contribution is 2.30. The van der Waals surface area contributed by atoms with Gasteiger partial charge in [-0.25, -0.2) is 4.79 Å². The van der Waals surface area contributed by atoms with Crippen molar-refractivity contribution in [3.05, 3.63) is 23.8 Å². The maximum absolute atomic E-state index is 10.5. The molecule has 0 heterocycles. The molecule has 1 aromatic rings. The van der Waals surface area contributed by atoms with Gasteiger partial charge < -0.3 is 19.9 Å². The molecule has 2 N–H and O–H groups in total. The zero-order valence-electron chi connectivity index (χ0n) is 10.0. The Morgan fingerprint density at radius 2 is 2.24 bits per heavy atom. The van der Waals surface area contributed by atoms with Crippen LogP contribution in [0.3, 0.4) is 0 Å². The summed E-state index contributed by atoms with van der Waals surface area (Å²) in [4.78, 5) is 10.5. The van der Waals surface area contributed by atoms with E-state index in [0.29, 0.717) is 18.0 Å². The highest BCUT2D eigenvalue weighted by Gasteiger charge is 2.11. The molecule has 0 aliphatic rings. The molecule has 0 spiro atoms. The molecule has 17 heavy (non-hydrogen) atoms. The fourth-order valence-corrected chi connectivity index (χ4v) is 1.42. The van der Waals surface area contributed by atoms with E-state index in [9.17, 15) is 4.79 Å². The maximum Gasteiger partial charge on any atom is 0.341 e. The van der Waals surface area contributed by atoms with Crippen LogP contribution in [0.5, 0.6) is 11.5 Å². The van der Waals surface area contributed by atoms with Crippen molar-refractivity contribution in [2.75, 3.05) is 20.3 Å². The van der Waals surface area contributed by atoms with Crippen LogP contribution >= 0.6 is 0 Å². The first-order valence-corrected chi connectivity index (χ1v) is 5.40. The van der Waals surface area contributed by atoms with Crippen LogP contribution in [0.15, 0.2) is 18.2 Å². The molecule has 5 nitrogen and oxygen atoms in total. The van der Waals surface area contributed by atoms with Crippen molar-refractivity contribution in [3.8, 4) is 11.5 Å². The number of ether oxygens (including phenoxy) is 2. The number of carboxylic acid groups (broad SMARTS) is 1. The van der Waals surface area contributed by atoms with Gasteiger partial charge in [0.05, 0.1) is 7.11 Å². The van der Waals surface area contributed by atoms with Crippen molar-refractivity contribution in [2.24, 2.45) is 0 Å². The van der Waals surface area contributed by atoms with E-state index in [-0.39, 0.29) is 6.61 Å². The number of rotatable bonds is 7. The summed E-state index contributed by atoms with van der Waals surface area (Å²) >= 11 is 0. The molecule has 0 atom stereocenters. The summed E-state index contributed by atoms with van der Waals surface area (Å²) in [7, 11) is 1.53. The molecule has 0 saturated heterocycles. The van der Waals surface area contributed by atoms with Gasteiger partial charge in [-0.05, 0) is 12.6 Å². The predicted octanol–water partition coefficient (Wildman–Crippen LogP) is 1.27. The first-order chi connectivity index (χ1) is 8.19. The topological polar surface area (TPSA) is 67.8 Å². The van der Waals surface area contributed by atoms with Crippen molar-refractivity contribution >= 4 is 5.97 Å². The summed E-state index contributed by atoms with van der Waals surface area (Å²) in [6, 6.07) is 5.47. The van der Waals surface area contributed by atoms with Crippen LogP contribution in [0.25, 0.3) is 0 Å². The number of hydrogen-bond donors (Lipinski definition) is 2. The molecule has 1 rings (SSSR count). The quantitative estimate of drug-likeness (QED) is 0.750. The Morgan fingerprint density at radius 1 is 1.47 bits per heavy atom. The second-order valence-corrected chi connectivity index (χ2v) is 3.41. The lowest BCUT2D eigenvalue weighted by Crippen LogP contribution is -2.15. The van der Waals surface area contributed by atoms with Crippen LogP contribution in [-0.4, -0.2) is 31.3 Å². The first kappa shape index (κ1) is 13.3. The zero-order chi connectivity index (χ0) is 12.7. The molecule has 0 bridgehead atoms. The number of nitrogens with one attached hydrogen (secondary N) is 1. The number of carbonyl (C=O) groups is 1. The van der Waals surface area contributed by atoms with E-state index in [0.717, 1.165) is 12.1 Å². The van der Waals surface area contributed by atoms with E-state index in [2.05, 4.69) is 5.32 Å². The molecule has 0 amide bonds. The molecule has 5 heteroatoms. The molecule has 0 aliphatic heterocycles.